The van der Waals surface area contributed by atoms with Gasteiger partial charge in [-0.15, -0.1) is 0 Å². The number of sulfonamides is 1. The van der Waals surface area contributed by atoms with Crippen molar-refractivity contribution in [2.24, 2.45) is 17.6 Å². The molecule has 0 heterocycles. The highest BCUT2D eigenvalue weighted by atomic mass is 32.2. The van der Waals surface area contributed by atoms with Crippen LogP contribution in [-0.2, 0) is 16.6 Å². The van der Waals surface area contributed by atoms with Gasteiger partial charge in [0.25, 0.3) is 0 Å². The molecule has 1 fully saturated rings. The summed E-state index contributed by atoms with van der Waals surface area (Å²) in [5, 5.41) is 0. The zero-order chi connectivity index (χ0) is 15.6. The number of rotatable bonds is 5. The summed E-state index contributed by atoms with van der Waals surface area (Å²) >= 11 is 0. The standard InChI is InChI=1S/C15H24N2O3S/c1-10-4-6-13(11(10)2)17-21(18,19)15-7-5-12(9-16)8-14(15)20-3/h5,7-8,10-11,13,17H,4,6,9,16H2,1-3H3. The van der Waals surface area contributed by atoms with Crippen LogP contribution in [0.15, 0.2) is 23.1 Å². The highest BCUT2D eigenvalue weighted by molar-refractivity contribution is 7.89. The number of nitrogens with two attached hydrogens (primary N) is 1. The summed E-state index contributed by atoms with van der Waals surface area (Å²) in [6.45, 7) is 4.61. The molecule has 0 radical (unpaired) electrons. The Hall–Kier alpha value is -1.11. The highest BCUT2D eigenvalue weighted by Gasteiger charge is 2.33. The summed E-state index contributed by atoms with van der Waals surface area (Å²) < 4.78 is 33.2. The van der Waals surface area contributed by atoms with Gasteiger partial charge in [0, 0.05) is 12.6 Å². The van der Waals surface area contributed by atoms with Crippen molar-refractivity contribution in [2.75, 3.05) is 7.11 Å². The molecule has 1 saturated carbocycles. The summed E-state index contributed by atoms with van der Waals surface area (Å²) in [7, 11) is -2.12. The Labute approximate surface area is 126 Å². The number of hydrogen-bond donors (Lipinski definition) is 2. The smallest absolute Gasteiger partial charge is 0.244 e. The highest BCUT2D eigenvalue weighted by Crippen LogP contribution is 2.33. The van der Waals surface area contributed by atoms with Crippen LogP contribution in [0.1, 0.15) is 32.3 Å². The first kappa shape index (κ1) is 16.3. The Kier molecular flexibility index (Phi) is 4.91. The van der Waals surface area contributed by atoms with Gasteiger partial charge >= 0.3 is 0 Å². The third kappa shape index (κ3) is 3.39. The Morgan fingerprint density at radius 1 is 1.33 bits per heavy atom. The molecule has 0 aliphatic heterocycles. The van der Waals surface area contributed by atoms with Crippen LogP contribution in [0.25, 0.3) is 0 Å². The third-order valence-electron chi connectivity index (χ3n) is 4.53. The van der Waals surface area contributed by atoms with E-state index in [1.165, 1.54) is 7.11 Å². The van der Waals surface area contributed by atoms with Crippen LogP contribution in [0.3, 0.4) is 0 Å². The lowest BCUT2D eigenvalue weighted by Gasteiger charge is -2.20. The first-order chi connectivity index (χ1) is 9.89. The quantitative estimate of drug-likeness (QED) is 0.869. The van der Waals surface area contributed by atoms with Gasteiger partial charge < -0.3 is 10.5 Å². The fourth-order valence-electron chi connectivity index (χ4n) is 2.85. The molecule has 1 aliphatic carbocycles. The summed E-state index contributed by atoms with van der Waals surface area (Å²) in [6, 6.07) is 4.95. The summed E-state index contributed by atoms with van der Waals surface area (Å²) in [6.07, 6.45) is 1.93. The topological polar surface area (TPSA) is 81.4 Å². The number of benzene rings is 1. The second kappa shape index (κ2) is 6.34. The summed E-state index contributed by atoms with van der Waals surface area (Å²) in [5.74, 6) is 1.22. The van der Waals surface area contributed by atoms with Gasteiger partial charge in [-0.1, -0.05) is 19.9 Å². The Bertz CT molecular complexity index is 601. The maximum Gasteiger partial charge on any atom is 0.244 e. The van der Waals surface area contributed by atoms with Crippen LogP contribution >= 0.6 is 0 Å². The van der Waals surface area contributed by atoms with Crippen LogP contribution in [0.5, 0.6) is 5.75 Å². The molecule has 1 aromatic carbocycles. The first-order valence-corrected chi connectivity index (χ1v) is 8.76. The van der Waals surface area contributed by atoms with Crippen molar-refractivity contribution in [1.29, 1.82) is 0 Å². The van der Waals surface area contributed by atoms with Crippen LogP contribution < -0.4 is 15.2 Å². The van der Waals surface area contributed by atoms with E-state index in [1.807, 2.05) is 0 Å². The van der Waals surface area contributed by atoms with Gasteiger partial charge in [-0.05, 0) is 42.4 Å². The van der Waals surface area contributed by atoms with Crippen molar-refractivity contribution in [2.45, 2.75) is 44.2 Å². The maximum atomic E-state index is 12.6. The van der Waals surface area contributed by atoms with Crippen molar-refractivity contribution in [3.8, 4) is 5.75 Å². The van der Waals surface area contributed by atoms with Gasteiger partial charge in [-0.2, -0.15) is 0 Å². The Morgan fingerprint density at radius 2 is 2.05 bits per heavy atom. The molecule has 1 aromatic rings. The molecule has 0 bridgehead atoms. The minimum Gasteiger partial charge on any atom is -0.495 e. The predicted octanol–water partition coefficient (Wildman–Crippen LogP) is 1.87. The molecular formula is C15H24N2O3S. The lowest BCUT2D eigenvalue weighted by atomic mass is 9.98. The molecule has 0 amide bonds. The van der Waals surface area contributed by atoms with E-state index in [2.05, 4.69) is 18.6 Å². The molecule has 3 unspecified atom stereocenters. The van der Waals surface area contributed by atoms with E-state index in [-0.39, 0.29) is 10.9 Å². The average Bonchev–Trinajstić information content (AvgIpc) is 2.78. The second-order valence-corrected chi connectivity index (χ2v) is 7.51. The van der Waals surface area contributed by atoms with Crippen LogP contribution in [-0.4, -0.2) is 21.6 Å². The predicted molar refractivity (Wildman–Crippen MR) is 82.6 cm³/mol. The fourth-order valence-corrected chi connectivity index (χ4v) is 4.37. The molecule has 0 saturated heterocycles. The van der Waals surface area contributed by atoms with Gasteiger partial charge in [0.1, 0.15) is 10.6 Å². The minimum atomic E-state index is -3.58. The van der Waals surface area contributed by atoms with E-state index in [1.54, 1.807) is 18.2 Å². The zero-order valence-electron chi connectivity index (χ0n) is 12.8. The second-order valence-electron chi connectivity index (χ2n) is 5.83. The van der Waals surface area contributed by atoms with E-state index in [4.69, 9.17) is 10.5 Å². The Morgan fingerprint density at radius 3 is 2.57 bits per heavy atom. The SMILES string of the molecule is COc1cc(CN)ccc1S(=O)(=O)NC1CCC(C)C1C. The number of nitrogens with one attached hydrogen (secondary N) is 1. The van der Waals surface area contributed by atoms with E-state index in [0.29, 0.717) is 24.1 Å². The van der Waals surface area contributed by atoms with Gasteiger partial charge in [0.2, 0.25) is 10.0 Å². The van der Waals surface area contributed by atoms with E-state index in [9.17, 15) is 8.42 Å². The van der Waals surface area contributed by atoms with Gasteiger partial charge in [0.05, 0.1) is 7.11 Å². The molecule has 3 atom stereocenters. The van der Waals surface area contributed by atoms with E-state index >= 15 is 0 Å². The minimum absolute atomic E-state index is 0.0103. The van der Waals surface area contributed by atoms with Crippen molar-refractivity contribution in [3.63, 3.8) is 0 Å². The molecule has 6 heteroatoms. The molecule has 1 aliphatic rings. The Balaban J connectivity index is 2.27. The number of methoxy groups -OCH3 is 1. The van der Waals surface area contributed by atoms with Crippen molar-refractivity contribution < 1.29 is 13.2 Å². The van der Waals surface area contributed by atoms with Crippen molar-refractivity contribution >= 4 is 10.0 Å². The number of ether oxygens (including phenoxy) is 1. The number of hydrogen-bond acceptors (Lipinski definition) is 4. The van der Waals surface area contributed by atoms with Crippen LogP contribution in [0, 0.1) is 11.8 Å². The van der Waals surface area contributed by atoms with Gasteiger partial charge in [-0.25, -0.2) is 13.1 Å². The summed E-state index contributed by atoms with van der Waals surface area (Å²) in [4.78, 5) is 0.175. The average molecular weight is 312 g/mol. The normalized spacial score (nSPS) is 26.0. The largest absolute Gasteiger partial charge is 0.495 e. The molecule has 5 nitrogen and oxygen atoms in total. The van der Waals surface area contributed by atoms with E-state index < -0.39 is 10.0 Å². The molecular weight excluding hydrogens is 288 g/mol. The third-order valence-corrected chi connectivity index (χ3v) is 6.05. The molecule has 0 aromatic heterocycles. The van der Waals surface area contributed by atoms with Crippen LogP contribution in [0.4, 0.5) is 0 Å². The van der Waals surface area contributed by atoms with Gasteiger partial charge in [-0.3, -0.25) is 0 Å². The molecule has 2 rings (SSSR count). The van der Waals surface area contributed by atoms with Crippen molar-refractivity contribution in [3.05, 3.63) is 23.8 Å². The van der Waals surface area contributed by atoms with Crippen LogP contribution in [0.2, 0.25) is 0 Å². The molecule has 3 N–H and O–H groups in total. The lowest BCUT2D eigenvalue weighted by Crippen LogP contribution is -2.37. The lowest BCUT2D eigenvalue weighted by molar-refractivity contribution is 0.394. The van der Waals surface area contributed by atoms with Crippen molar-refractivity contribution in [1.82, 2.24) is 4.72 Å². The molecule has 118 valence electrons. The first-order valence-electron chi connectivity index (χ1n) is 7.28. The monoisotopic (exact) mass is 312 g/mol. The van der Waals surface area contributed by atoms with Gasteiger partial charge in [0.15, 0.2) is 0 Å². The maximum absolute atomic E-state index is 12.6. The molecule has 21 heavy (non-hydrogen) atoms. The zero-order valence-corrected chi connectivity index (χ0v) is 13.6. The fraction of sp³-hybridized carbons (Fsp3) is 0.600. The summed E-state index contributed by atoms with van der Waals surface area (Å²) in [5.41, 5.74) is 6.42. The van der Waals surface area contributed by atoms with E-state index in [0.717, 1.165) is 18.4 Å². The molecule has 0 spiro atoms.